The van der Waals surface area contributed by atoms with Crippen molar-refractivity contribution in [3.8, 4) is 0 Å². The average Bonchev–Trinajstić information content (AvgIpc) is 2.03. The van der Waals surface area contributed by atoms with Gasteiger partial charge in [0, 0.05) is 32.8 Å². The van der Waals surface area contributed by atoms with Crippen LogP contribution in [0.3, 0.4) is 0 Å². The molecule has 0 saturated carbocycles. The van der Waals surface area contributed by atoms with E-state index >= 15 is 0 Å². The molecule has 0 amide bonds. The smallest absolute Gasteiger partial charge is 0.0746 e. The molecule has 3 nitrogen and oxygen atoms in total. The molecule has 2 N–H and O–H groups in total. The first-order valence-electron chi connectivity index (χ1n) is 4.97. The highest BCUT2D eigenvalue weighted by molar-refractivity contribution is 4.71. The highest BCUT2D eigenvalue weighted by Crippen LogP contribution is 2.03. The minimum Gasteiger partial charge on any atom is -0.377 e. The zero-order valence-corrected chi connectivity index (χ0v) is 9.61. The Kier molecular flexibility index (Phi) is 6.29. The molecule has 0 aliphatic carbocycles. The van der Waals surface area contributed by atoms with Crippen molar-refractivity contribution in [2.75, 3.05) is 26.7 Å². The number of nitrogens with one attached hydrogen (secondary N) is 2. The summed E-state index contributed by atoms with van der Waals surface area (Å²) < 4.78 is 5.28. The summed E-state index contributed by atoms with van der Waals surface area (Å²) >= 11 is 0. The van der Waals surface area contributed by atoms with Crippen molar-refractivity contribution >= 4 is 0 Å². The summed E-state index contributed by atoms with van der Waals surface area (Å²) in [6, 6.07) is 0.567. The topological polar surface area (TPSA) is 33.3 Å². The summed E-state index contributed by atoms with van der Waals surface area (Å²) in [6.45, 7) is 11.4. The lowest BCUT2D eigenvalue weighted by atomic mass is 10.1. The molecular weight excluding hydrogens is 164 g/mol. The Labute approximate surface area is 82.2 Å². The van der Waals surface area contributed by atoms with Gasteiger partial charge in [0.25, 0.3) is 0 Å². The fraction of sp³-hybridized carbons (Fsp3) is 1.00. The van der Waals surface area contributed by atoms with Gasteiger partial charge in [-0.2, -0.15) is 0 Å². The highest BCUT2D eigenvalue weighted by Gasteiger charge is 2.14. The van der Waals surface area contributed by atoms with Crippen molar-refractivity contribution in [3.63, 3.8) is 0 Å². The largest absolute Gasteiger partial charge is 0.377 e. The van der Waals surface area contributed by atoms with E-state index in [2.05, 4.69) is 38.3 Å². The lowest BCUT2D eigenvalue weighted by Crippen LogP contribution is -2.40. The molecule has 3 heteroatoms. The molecule has 13 heavy (non-hydrogen) atoms. The quantitative estimate of drug-likeness (QED) is 0.585. The van der Waals surface area contributed by atoms with Crippen LogP contribution in [0.5, 0.6) is 0 Å². The van der Waals surface area contributed by atoms with Crippen molar-refractivity contribution < 1.29 is 4.74 Å². The molecule has 0 bridgehead atoms. The van der Waals surface area contributed by atoms with Crippen LogP contribution in [0.4, 0.5) is 0 Å². The SMILES string of the molecule is COC(C)(C)CNCCNC(C)C. The predicted octanol–water partition coefficient (Wildman–Crippen LogP) is 0.999. The molecule has 0 atom stereocenters. The molecule has 0 heterocycles. The van der Waals surface area contributed by atoms with Crippen LogP contribution < -0.4 is 10.6 Å². The van der Waals surface area contributed by atoms with Crippen LogP contribution in [0.1, 0.15) is 27.7 Å². The fourth-order valence-electron chi connectivity index (χ4n) is 0.911. The summed E-state index contributed by atoms with van der Waals surface area (Å²) in [7, 11) is 1.74. The van der Waals surface area contributed by atoms with Crippen LogP contribution in [0, 0.1) is 0 Å². The zero-order chi connectivity index (χ0) is 10.3. The monoisotopic (exact) mass is 188 g/mol. The van der Waals surface area contributed by atoms with Crippen LogP contribution in [0.2, 0.25) is 0 Å². The van der Waals surface area contributed by atoms with Gasteiger partial charge in [-0.25, -0.2) is 0 Å². The van der Waals surface area contributed by atoms with Gasteiger partial charge < -0.3 is 15.4 Å². The van der Waals surface area contributed by atoms with E-state index in [1.807, 2.05) is 0 Å². The van der Waals surface area contributed by atoms with Crippen molar-refractivity contribution in [1.82, 2.24) is 10.6 Å². The molecule has 0 saturated heterocycles. The van der Waals surface area contributed by atoms with E-state index in [9.17, 15) is 0 Å². The molecule has 0 unspecified atom stereocenters. The van der Waals surface area contributed by atoms with Crippen LogP contribution in [0.25, 0.3) is 0 Å². The first kappa shape index (κ1) is 12.9. The second kappa shape index (κ2) is 6.35. The molecule has 0 radical (unpaired) electrons. The lowest BCUT2D eigenvalue weighted by molar-refractivity contribution is 0.0235. The molecule has 0 rings (SSSR count). The van der Waals surface area contributed by atoms with Gasteiger partial charge >= 0.3 is 0 Å². The lowest BCUT2D eigenvalue weighted by Gasteiger charge is -2.23. The maximum absolute atomic E-state index is 5.28. The van der Waals surface area contributed by atoms with Gasteiger partial charge in [0.2, 0.25) is 0 Å². The second-order valence-electron chi connectivity index (χ2n) is 4.25. The van der Waals surface area contributed by atoms with Crippen LogP contribution in [-0.4, -0.2) is 38.4 Å². The van der Waals surface area contributed by atoms with Gasteiger partial charge in [0.05, 0.1) is 5.60 Å². The van der Waals surface area contributed by atoms with Gasteiger partial charge in [-0.3, -0.25) is 0 Å². The Balaban J connectivity index is 3.26. The second-order valence-corrected chi connectivity index (χ2v) is 4.25. The van der Waals surface area contributed by atoms with Gasteiger partial charge in [0.15, 0.2) is 0 Å². The van der Waals surface area contributed by atoms with Crippen molar-refractivity contribution in [2.24, 2.45) is 0 Å². The van der Waals surface area contributed by atoms with Crippen LogP contribution in [-0.2, 0) is 4.74 Å². The Hall–Kier alpha value is -0.120. The number of hydrogen-bond acceptors (Lipinski definition) is 3. The molecule has 0 aromatic carbocycles. The van der Waals surface area contributed by atoms with E-state index in [1.165, 1.54) is 0 Å². The zero-order valence-electron chi connectivity index (χ0n) is 9.61. The normalized spacial score (nSPS) is 12.5. The number of methoxy groups -OCH3 is 1. The van der Waals surface area contributed by atoms with Gasteiger partial charge in [-0.1, -0.05) is 13.8 Å². The van der Waals surface area contributed by atoms with Crippen molar-refractivity contribution in [1.29, 1.82) is 0 Å². The summed E-state index contributed by atoms with van der Waals surface area (Å²) in [5.41, 5.74) is -0.0577. The third kappa shape index (κ3) is 8.22. The molecule has 0 aliphatic heterocycles. The summed E-state index contributed by atoms with van der Waals surface area (Å²) in [6.07, 6.45) is 0. The highest BCUT2D eigenvalue weighted by atomic mass is 16.5. The van der Waals surface area contributed by atoms with E-state index in [0.717, 1.165) is 19.6 Å². The number of hydrogen-bond donors (Lipinski definition) is 2. The van der Waals surface area contributed by atoms with E-state index in [1.54, 1.807) is 7.11 Å². The molecule has 0 aromatic rings. The maximum atomic E-state index is 5.28. The molecule has 0 aromatic heterocycles. The molecular formula is C10H24N2O. The Bertz CT molecular complexity index is 124. The van der Waals surface area contributed by atoms with Crippen molar-refractivity contribution in [3.05, 3.63) is 0 Å². The van der Waals surface area contributed by atoms with Crippen LogP contribution in [0.15, 0.2) is 0 Å². The minimum atomic E-state index is -0.0577. The maximum Gasteiger partial charge on any atom is 0.0746 e. The van der Waals surface area contributed by atoms with Gasteiger partial charge in [-0.05, 0) is 13.8 Å². The van der Waals surface area contributed by atoms with E-state index in [0.29, 0.717) is 6.04 Å². The van der Waals surface area contributed by atoms with E-state index < -0.39 is 0 Å². The molecule has 0 fully saturated rings. The van der Waals surface area contributed by atoms with Crippen molar-refractivity contribution in [2.45, 2.75) is 39.3 Å². The average molecular weight is 188 g/mol. The first-order chi connectivity index (χ1) is 5.98. The van der Waals surface area contributed by atoms with Gasteiger partial charge in [0.1, 0.15) is 0 Å². The summed E-state index contributed by atoms with van der Waals surface area (Å²) in [4.78, 5) is 0. The molecule has 0 spiro atoms. The Morgan fingerprint density at radius 1 is 1.23 bits per heavy atom. The predicted molar refractivity (Wildman–Crippen MR) is 57.1 cm³/mol. The summed E-state index contributed by atoms with van der Waals surface area (Å²) in [5.74, 6) is 0. The summed E-state index contributed by atoms with van der Waals surface area (Å²) in [5, 5.41) is 6.69. The number of rotatable bonds is 7. The van der Waals surface area contributed by atoms with E-state index in [-0.39, 0.29) is 5.60 Å². The minimum absolute atomic E-state index is 0.0577. The third-order valence-corrected chi connectivity index (χ3v) is 1.96. The molecule has 0 aliphatic rings. The van der Waals surface area contributed by atoms with Gasteiger partial charge in [-0.15, -0.1) is 0 Å². The number of ether oxygens (including phenoxy) is 1. The van der Waals surface area contributed by atoms with E-state index in [4.69, 9.17) is 4.74 Å². The Morgan fingerprint density at radius 2 is 1.85 bits per heavy atom. The first-order valence-corrected chi connectivity index (χ1v) is 4.97. The Morgan fingerprint density at radius 3 is 2.31 bits per heavy atom. The fourth-order valence-corrected chi connectivity index (χ4v) is 0.911. The van der Waals surface area contributed by atoms with Crippen LogP contribution >= 0.6 is 0 Å². The molecule has 80 valence electrons. The standard InChI is InChI=1S/C10H24N2O/c1-9(2)12-7-6-11-8-10(3,4)13-5/h9,11-12H,6-8H2,1-5H3. The third-order valence-electron chi connectivity index (χ3n) is 1.96.